The van der Waals surface area contributed by atoms with Crippen molar-refractivity contribution >= 4 is 47.0 Å². The number of carbonyl (C=O) groups excluding carboxylic acids is 1. The molecular formula is C12H8Cl3NO2. The summed E-state index contributed by atoms with van der Waals surface area (Å²) in [6, 6.07) is 6.78. The van der Waals surface area contributed by atoms with E-state index in [0.29, 0.717) is 11.1 Å². The fourth-order valence-electron chi connectivity index (χ4n) is 1.02. The average molecular weight is 305 g/mol. The number of hydrogen-bond donors (Lipinski definition) is 1. The molecule has 0 aliphatic heterocycles. The molecule has 1 rings (SSSR count). The Morgan fingerprint density at radius 1 is 1.44 bits per heavy atom. The van der Waals surface area contributed by atoms with Gasteiger partial charge in [-0.15, -0.1) is 0 Å². The van der Waals surface area contributed by atoms with Gasteiger partial charge in [-0.3, -0.25) is 10.2 Å². The Kier molecular flexibility index (Phi) is 5.49. The molecule has 18 heavy (non-hydrogen) atoms. The minimum Gasteiger partial charge on any atom is -0.465 e. The molecule has 0 aliphatic rings. The van der Waals surface area contributed by atoms with E-state index in [2.05, 4.69) is 11.8 Å². The summed E-state index contributed by atoms with van der Waals surface area (Å²) in [7, 11) is 0. The predicted octanol–water partition coefficient (Wildman–Crippen LogP) is 3.21. The van der Waals surface area contributed by atoms with Crippen LogP contribution in [0.1, 0.15) is 15.9 Å². The Morgan fingerprint density at radius 2 is 2.17 bits per heavy atom. The molecule has 0 aliphatic carbocycles. The van der Waals surface area contributed by atoms with E-state index in [0.717, 1.165) is 6.29 Å². The maximum absolute atomic E-state index is 10.5. The van der Waals surface area contributed by atoms with Crippen LogP contribution in [0.15, 0.2) is 24.3 Å². The minimum absolute atomic E-state index is 0.0714. The van der Waals surface area contributed by atoms with E-state index < -0.39 is 9.69 Å². The third kappa shape index (κ3) is 4.97. The molecule has 94 valence electrons. The fourth-order valence-corrected chi connectivity index (χ4v) is 1.18. The standard InChI is InChI=1S/C12H8Cl3NO2/c13-12(14,15)11(16)18-6-2-5-9-3-1-4-10(7-9)8-17/h1,3-4,7-8,16H,6H2. The lowest BCUT2D eigenvalue weighted by atomic mass is 10.1. The third-order valence-electron chi connectivity index (χ3n) is 1.80. The van der Waals surface area contributed by atoms with Gasteiger partial charge in [0.15, 0.2) is 6.61 Å². The molecular weight excluding hydrogens is 296 g/mol. The molecule has 1 aromatic rings. The Labute approximate surface area is 119 Å². The topological polar surface area (TPSA) is 50.1 Å². The van der Waals surface area contributed by atoms with Crippen molar-refractivity contribution in [3.8, 4) is 11.8 Å². The minimum atomic E-state index is -1.88. The monoisotopic (exact) mass is 303 g/mol. The van der Waals surface area contributed by atoms with Crippen LogP contribution in [0.3, 0.4) is 0 Å². The van der Waals surface area contributed by atoms with Crippen LogP contribution in [0.25, 0.3) is 0 Å². The van der Waals surface area contributed by atoms with Crippen LogP contribution in [-0.2, 0) is 4.74 Å². The second kappa shape index (κ2) is 6.65. The van der Waals surface area contributed by atoms with Crippen molar-refractivity contribution < 1.29 is 9.53 Å². The summed E-state index contributed by atoms with van der Waals surface area (Å²) in [5.74, 6) is 4.93. The van der Waals surface area contributed by atoms with Crippen molar-refractivity contribution in [3.63, 3.8) is 0 Å². The normalized spacial score (nSPS) is 10.2. The van der Waals surface area contributed by atoms with E-state index >= 15 is 0 Å². The van der Waals surface area contributed by atoms with Crippen molar-refractivity contribution in [2.24, 2.45) is 0 Å². The molecule has 0 spiro atoms. The quantitative estimate of drug-likeness (QED) is 0.300. The molecule has 0 atom stereocenters. The fraction of sp³-hybridized carbons (Fsp3) is 0.167. The van der Waals surface area contributed by atoms with E-state index in [1.807, 2.05) is 0 Å². The van der Waals surface area contributed by atoms with E-state index in [1.165, 1.54) is 0 Å². The highest BCUT2D eigenvalue weighted by molar-refractivity contribution is 6.76. The molecule has 0 amide bonds. The number of aldehydes is 1. The van der Waals surface area contributed by atoms with Crippen LogP contribution in [0, 0.1) is 17.3 Å². The van der Waals surface area contributed by atoms with Gasteiger partial charge in [-0.2, -0.15) is 0 Å². The summed E-state index contributed by atoms with van der Waals surface area (Å²) in [5.41, 5.74) is 1.21. The lowest BCUT2D eigenvalue weighted by Gasteiger charge is -2.10. The van der Waals surface area contributed by atoms with Gasteiger partial charge in [-0.05, 0) is 12.1 Å². The van der Waals surface area contributed by atoms with Gasteiger partial charge >= 0.3 is 0 Å². The maximum atomic E-state index is 10.5. The summed E-state index contributed by atoms with van der Waals surface area (Å²) in [4.78, 5) is 10.5. The first-order valence-electron chi connectivity index (χ1n) is 4.76. The smallest absolute Gasteiger partial charge is 0.265 e. The van der Waals surface area contributed by atoms with Gasteiger partial charge < -0.3 is 4.74 Å². The number of carbonyl (C=O) groups is 1. The molecule has 1 aromatic carbocycles. The molecule has 0 saturated carbocycles. The van der Waals surface area contributed by atoms with Gasteiger partial charge in [-0.1, -0.05) is 58.8 Å². The van der Waals surface area contributed by atoms with E-state index in [9.17, 15) is 4.79 Å². The Bertz CT molecular complexity index is 512. The van der Waals surface area contributed by atoms with Crippen molar-refractivity contribution in [1.29, 1.82) is 5.41 Å². The summed E-state index contributed by atoms with van der Waals surface area (Å²) < 4.78 is 2.95. The van der Waals surface area contributed by atoms with Crippen LogP contribution >= 0.6 is 34.8 Å². The molecule has 0 unspecified atom stereocenters. The molecule has 0 bridgehead atoms. The summed E-state index contributed by atoms with van der Waals surface area (Å²) in [6.07, 6.45) is 0.736. The van der Waals surface area contributed by atoms with Crippen LogP contribution < -0.4 is 0 Å². The SMILES string of the molecule is N=C(OCC#Cc1cccc(C=O)c1)C(Cl)(Cl)Cl. The summed E-state index contributed by atoms with van der Waals surface area (Å²) in [5, 5.41) is 7.25. The first kappa shape index (κ1) is 14.8. The second-order valence-corrected chi connectivity index (χ2v) is 5.44. The average Bonchev–Trinajstić information content (AvgIpc) is 2.33. The van der Waals surface area contributed by atoms with E-state index in [4.69, 9.17) is 44.9 Å². The number of benzene rings is 1. The van der Waals surface area contributed by atoms with Crippen molar-refractivity contribution in [3.05, 3.63) is 35.4 Å². The molecule has 0 saturated heterocycles. The van der Waals surface area contributed by atoms with Crippen LogP contribution in [0.5, 0.6) is 0 Å². The van der Waals surface area contributed by atoms with Crippen LogP contribution in [0.4, 0.5) is 0 Å². The first-order chi connectivity index (χ1) is 8.43. The van der Waals surface area contributed by atoms with Crippen molar-refractivity contribution in [2.75, 3.05) is 6.61 Å². The Balaban J connectivity index is 2.56. The maximum Gasteiger partial charge on any atom is 0.265 e. The Hall–Kier alpha value is -1.21. The van der Waals surface area contributed by atoms with E-state index in [-0.39, 0.29) is 6.61 Å². The first-order valence-corrected chi connectivity index (χ1v) is 5.89. The highest BCUT2D eigenvalue weighted by Gasteiger charge is 2.28. The van der Waals surface area contributed by atoms with Crippen LogP contribution in [-0.4, -0.2) is 22.6 Å². The third-order valence-corrected chi connectivity index (χ3v) is 2.32. The Morgan fingerprint density at radius 3 is 2.78 bits per heavy atom. The van der Waals surface area contributed by atoms with Gasteiger partial charge in [0.2, 0.25) is 5.90 Å². The highest BCUT2D eigenvalue weighted by atomic mass is 35.6. The molecule has 1 N–H and O–H groups in total. The zero-order valence-electron chi connectivity index (χ0n) is 9.04. The van der Waals surface area contributed by atoms with Gasteiger partial charge in [0.1, 0.15) is 6.29 Å². The van der Waals surface area contributed by atoms with Crippen molar-refractivity contribution in [2.45, 2.75) is 3.79 Å². The lowest BCUT2D eigenvalue weighted by molar-refractivity contribution is 0.112. The van der Waals surface area contributed by atoms with Gasteiger partial charge in [-0.25, -0.2) is 0 Å². The second-order valence-electron chi connectivity index (χ2n) is 3.16. The number of nitrogens with one attached hydrogen (secondary N) is 1. The zero-order chi connectivity index (χ0) is 13.6. The molecule has 0 heterocycles. The zero-order valence-corrected chi connectivity index (χ0v) is 11.3. The number of halogens is 3. The number of alkyl halides is 3. The van der Waals surface area contributed by atoms with Gasteiger partial charge in [0.25, 0.3) is 3.79 Å². The van der Waals surface area contributed by atoms with E-state index in [1.54, 1.807) is 24.3 Å². The lowest BCUT2D eigenvalue weighted by Crippen LogP contribution is -2.21. The van der Waals surface area contributed by atoms with Gasteiger partial charge in [0.05, 0.1) is 0 Å². The van der Waals surface area contributed by atoms with Crippen LogP contribution in [0.2, 0.25) is 0 Å². The van der Waals surface area contributed by atoms with Gasteiger partial charge in [0, 0.05) is 11.1 Å². The summed E-state index contributed by atoms with van der Waals surface area (Å²) in [6.45, 7) is -0.0714. The highest BCUT2D eigenvalue weighted by Crippen LogP contribution is 2.27. The summed E-state index contributed by atoms with van der Waals surface area (Å²) >= 11 is 16.2. The molecule has 0 aromatic heterocycles. The number of hydrogen-bond acceptors (Lipinski definition) is 3. The number of ether oxygens (including phenoxy) is 1. The molecule has 3 nitrogen and oxygen atoms in total. The van der Waals surface area contributed by atoms with Crippen molar-refractivity contribution in [1.82, 2.24) is 0 Å². The predicted molar refractivity (Wildman–Crippen MR) is 72.7 cm³/mol. The number of rotatable bonds is 2. The molecule has 0 radical (unpaired) electrons. The molecule has 6 heteroatoms. The largest absolute Gasteiger partial charge is 0.465 e. The molecule has 0 fully saturated rings.